The second kappa shape index (κ2) is 5.44. The Kier molecular flexibility index (Phi) is 4.22. The fourth-order valence-electron chi connectivity index (χ4n) is 1.42. The molecule has 0 saturated heterocycles. The van der Waals surface area contributed by atoms with E-state index in [1.807, 2.05) is 6.92 Å². The Labute approximate surface area is 94.5 Å². The minimum atomic E-state index is -1.09. The zero-order chi connectivity index (χ0) is 12.1. The molecule has 0 saturated carbocycles. The Morgan fingerprint density at radius 3 is 2.50 bits per heavy atom. The Morgan fingerprint density at radius 1 is 1.38 bits per heavy atom. The zero-order valence-corrected chi connectivity index (χ0v) is 9.67. The lowest BCUT2D eigenvalue weighted by Gasteiger charge is -2.15. The molecule has 5 nitrogen and oxygen atoms in total. The molecule has 1 N–H and O–H groups in total. The highest BCUT2D eigenvalue weighted by atomic mass is 16.5. The van der Waals surface area contributed by atoms with Crippen molar-refractivity contribution in [3.8, 4) is 5.88 Å². The average molecular weight is 224 g/mol. The van der Waals surface area contributed by atoms with Crippen LogP contribution in [-0.4, -0.2) is 27.4 Å². The number of carboxylic acid groups (broad SMARTS) is 1. The van der Waals surface area contributed by atoms with E-state index in [1.54, 1.807) is 0 Å². The molecule has 0 aliphatic rings. The first-order valence-electron chi connectivity index (χ1n) is 5.22. The molecular formula is C11H16N2O3. The topological polar surface area (TPSA) is 72.3 Å². The first-order chi connectivity index (χ1) is 7.49. The van der Waals surface area contributed by atoms with Crippen molar-refractivity contribution in [2.24, 2.45) is 5.92 Å². The summed E-state index contributed by atoms with van der Waals surface area (Å²) in [6, 6.07) is 2.90. The monoisotopic (exact) mass is 224 g/mol. The van der Waals surface area contributed by atoms with E-state index in [1.165, 1.54) is 12.1 Å². The van der Waals surface area contributed by atoms with E-state index in [-0.39, 0.29) is 11.8 Å². The van der Waals surface area contributed by atoms with Crippen LogP contribution in [0, 0.1) is 5.92 Å². The summed E-state index contributed by atoms with van der Waals surface area (Å²) in [5.74, 6) is -0.186. The summed E-state index contributed by atoms with van der Waals surface area (Å²) < 4.78 is 5.49. The first-order valence-corrected chi connectivity index (χ1v) is 5.22. The van der Waals surface area contributed by atoms with Crippen LogP contribution in [0.2, 0.25) is 0 Å². The molecule has 0 fully saturated rings. The van der Waals surface area contributed by atoms with Crippen molar-refractivity contribution in [2.75, 3.05) is 0 Å². The highest BCUT2D eigenvalue weighted by Gasteiger charge is 2.09. The van der Waals surface area contributed by atoms with Gasteiger partial charge in [-0.25, -0.2) is 4.79 Å². The molecule has 88 valence electrons. The van der Waals surface area contributed by atoms with Gasteiger partial charge in [-0.1, -0.05) is 13.8 Å². The summed E-state index contributed by atoms with van der Waals surface area (Å²) in [6.07, 6.45) is 0.965. The second-order valence-corrected chi connectivity index (χ2v) is 4.12. The molecule has 1 unspecified atom stereocenters. The fourth-order valence-corrected chi connectivity index (χ4v) is 1.42. The molecule has 1 aromatic heterocycles. The van der Waals surface area contributed by atoms with Crippen molar-refractivity contribution in [3.63, 3.8) is 0 Å². The van der Waals surface area contributed by atoms with Crippen LogP contribution in [0.4, 0.5) is 0 Å². The van der Waals surface area contributed by atoms with Crippen molar-refractivity contribution in [1.29, 1.82) is 0 Å². The summed E-state index contributed by atoms with van der Waals surface area (Å²) in [6.45, 7) is 6.17. The van der Waals surface area contributed by atoms with Crippen LogP contribution in [0.25, 0.3) is 0 Å². The molecule has 0 amide bonds. The van der Waals surface area contributed by atoms with Crippen molar-refractivity contribution < 1.29 is 14.6 Å². The maximum absolute atomic E-state index is 10.5. The number of nitrogens with zero attached hydrogens (tertiary/aromatic N) is 2. The van der Waals surface area contributed by atoms with E-state index in [4.69, 9.17) is 9.84 Å². The summed E-state index contributed by atoms with van der Waals surface area (Å²) >= 11 is 0. The van der Waals surface area contributed by atoms with Gasteiger partial charge in [-0.3, -0.25) is 0 Å². The SMILES string of the molecule is CC(C)CC(C)Oc1ccc(C(=O)O)nn1. The van der Waals surface area contributed by atoms with E-state index in [0.29, 0.717) is 11.8 Å². The van der Waals surface area contributed by atoms with Gasteiger partial charge in [-0.15, -0.1) is 10.2 Å². The molecule has 0 aliphatic heterocycles. The molecular weight excluding hydrogens is 208 g/mol. The van der Waals surface area contributed by atoms with Gasteiger partial charge in [0, 0.05) is 6.07 Å². The predicted molar refractivity (Wildman–Crippen MR) is 58.5 cm³/mol. The predicted octanol–water partition coefficient (Wildman–Crippen LogP) is 1.99. The Balaban J connectivity index is 2.58. The first kappa shape index (κ1) is 12.4. The minimum Gasteiger partial charge on any atom is -0.476 e. The molecule has 1 aromatic rings. The van der Waals surface area contributed by atoms with Gasteiger partial charge in [-0.05, 0) is 25.3 Å². The van der Waals surface area contributed by atoms with E-state index in [2.05, 4.69) is 24.0 Å². The number of hydrogen-bond donors (Lipinski definition) is 1. The lowest BCUT2D eigenvalue weighted by atomic mass is 10.1. The van der Waals surface area contributed by atoms with Crippen LogP contribution < -0.4 is 4.74 Å². The third kappa shape index (κ3) is 3.84. The molecule has 1 heterocycles. The van der Waals surface area contributed by atoms with Gasteiger partial charge in [0.2, 0.25) is 5.88 Å². The molecule has 16 heavy (non-hydrogen) atoms. The smallest absolute Gasteiger partial charge is 0.356 e. The third-order valence-corrected chi connectivity index (χ3v) is 1.98. The Bertz CT molecular complexity index is 349. The van der Waals surface area contributed by atoms with E-state index < -0.39 is 5.97 Å². The molecule has 5 heteroatoms. The minimum absolute atomic E-state index is 0.0463. The van der Waals surface area contributed by atoms with Crippen LogP contribution in [-0.2, 0) is 0 Å². The molecule has 0 aliphatic carbocycles. The summed E-state index contributed by atoms with van der Waals surface area (Å²) in [5.41, 5.74) is -0.0798. The van der Waals surface area contributed by atoms with Crippen LogP contribution in [0.15, 0.2) is 12.1 Å². The van der Waals surface area contributed by atoms with Crippen LogP contribution in [0.5, 0.6) is 5.88 Å². The largest absolute Gasteiger partial charge is 0.476 e. The number of hydrogen-bond acceptors (Lipinski definition) is 4. The number of carbonyl (C=O) groups is 1. The van der Waals surface area contributed by atoms with Gasteiger partial charge in [0.1, 0.15) is 0 Å². The highest BCUT2D eigenvalue weighted by Crippen LogP contribution is 2.12. The number of ether oxygens (including phenoxy) is 1. The third-order valence-electron chi connectivity index (χ3n) is 1.98. The second-order valence-electron chi connectivity index (χ2n) is 4.12. The van der Waals surface area contributed by atoms with Crippen LogP contribution >= 0.6 is 0 Å². The zero-order valence-electron chi connectivity index (χ0n) is 9.67. The molecule has 0 aromatic carbocycles. The van der Waals surface area contributed by atoms with Gasteiger partial charge in [-0.2, -0.15) is 0 Å². The van der Waals surface area contributed by atoms with Crippen molar-refractivity contribution in [2.45, 2.75) is 33.3 Å². The molecule has 1 atom stereocenters. The van der Waals surface area contributed by atoms with E-state index in [0.717, 1.165) is 6.42 Å². The lowest BCUT2D eigenvalue weighted by molar-refractivity contribution is 0.0688. The van der Waals surface area contributed by atoms with E-state index in [9.17, 15) is 4.79 Å². The van der Waals surface area contributed by atoms with Gasteiger partial charge in [0.25, 0.3) is 0 Å². The Morgan fingerprint density at radius 2 is 2.06 bits per heavy atom. The highest BCUT2D eigenvalue weighted by molar-refractivity contribution is 5.84. The number of rotatable bonds is 5. The number of aromatic nitrogens is 2. The van der Waals surface area contributed by atoms with Gasteiger partial charge < -0.3 is 9.84 Å². The lowest BCUT2D eigenvalue weighted by Crippen LogP contribution is -2.15. The molecule has 1 rings (SSSR count). The van der Waals surface area contributed by atoms with Gasteiger partial charge in [0.15, 0.2) is 5.69 Å². The number of aromatic carboxylic acids is 1. The van der Waals surface area contributed by atoms with Crippen molar-refractivity contribution >= 4 is 5.97 Å². The average Bonchev–Trinajstić information content (AvgIpc) is 2.16. The standard InChI is InChI=1S/C11H16N2O3/c1-7(2)6-8(3)16-10-5-4-9(11(14)15)12-13-10/h4-5,7-8H,6H2,1-3H3,(H,14,15). The summed E-state index contributed by atoms with van der Waals surface area (Å²) in [7, 11) is 0. The fraction of sp³-hybridized carbons (Fsp3) is 0.545. The Hall–Kier alpha value is -1.65. The number of carboxylic acids is 1. The maximum atomic E-state index is 10.5. The normalized spacial score (nSPS) is 12.5. The summed E-state index contributed by atoms with van der Waals surface area (Å²) in [4.78, 5) is 10.5. The van der Waals surface area contributed by atoms with Crippen LogP contribution in [0.1, 0.15) is 37.7 Å². The van der Waals surface area contributed by atoms with Crippen molar-refractivity contribution in [3.05, 3.63) is 17.8 Å². The van der Waals surface area contributed by atoms with Gasteiger partial charge in [0.05, 0.1) is 6.10 Å². The van der Waals surface area contributed by atoms with Crippen LogP contribution in [0.3, 0.4) is 0 Å². The summed E-state index contributed by atoms with van der Waals surface area (Å²) in [5, 5.41) is 15.9. The van der Waals surface area contributed by atoms with E-state index >= 15 is 0 Å². The quantitative estimate of drug-likeness (QED) is 0.828. The molecule has 0 bridgehead atoms. The molecule has 0 radical (unpaired) electrons. The maximum Gasteiger partial charge on any atom is 0.356 e. The molecule has 0 spiro atoms. The van der Waals surface area contributed by atoms with Crippen molar-refractivity contribution in [1.82, 2.24) is 10.2 Å². The van der Waals surface area contributed by atoms with Gasteiger partial charge >= 0.3 is 5.97 Å².